The fraction of sp³-hybridized carbons (Fsp3) is 0.611. The molecule has 2 aliphatic rings. The molecule has 0 spiro atoms. The van der Waals surface area contributed by atoms with Crippen molar-refractivity contribution < 1.29 is 21.6 Å². The van der Waals surface area contributed by atoms with Gasteiger partial charge in [-0.1, -0.05) is 6.07 Å². The smallest absolute Gasteiger partial charge is 0.368 e. The van der Waals surface area contributed by atoms with Gasteiger partial charge in [-0.2, -0.15) is 13.2 Å². The Balaban J connectivity index is 1.51. The number of aliphatic imine (C=N–C) groups is 1. The number of nitrogens with one attached hydrogen (secondary N) is 1. The number of nitrogens with zero attached hydrogens (tertiary/aromatic N) is 4. The highest BCUT2D eigenvalue weighted by Crippen LogP contribution is 2.31. The summed E-state index contributed by atoms with van der Waals surface area (Å²) >= 11 is 0. The minimum Gasteiger partial charge on any atom is -0.368 e. The normalized spacial score (nSPS) is 20.9. The van der Waals surface area contributed by atoms with Crippen LogP contribution in [-0.2, 0) is 16.2 Å². The van der Waals surface area contributed by atoms with Gasteiger partial charge in [-0.3, -0.25) is 4.99 Å². The maximum absolute atomic E-state index is 12.9. The van der Waals surface area contributed by atoms with Gasteiger partial charge < -0.3 is 15.1 Å². The molecule has 2 aliphatic heterocycles. The van der Waals surface area contributed by atoms with E-state index in [0.717, 1.165) is 6.07 Å². The van der Waals surface area contributed by atoms with Crippen LogP contribution >= 0.6 is 0 Å². The van der Waals surface area contributed by atoms with Crippen molar-refractivity contribution in [1.82, 2.24) is 14.5 Å². The van der Waals surface area contributed by atoms with Crippen LogP contribution in [0, 0.1) is 0 Å². The molecule has 0 atom stereocenters. The first-order valence-corrected chi connectivity index (χ1v) is 11.2. The quantitative estimate of drug-likeness (QED) is 0.575. The zero-order valence-corrected chi connectivity index (χ0v) is 17.1. The van der Waals surface area contributed by atoms with E-state index >= 15 is 0 Å². The summed E-state index contributed by atoms with van der Waals surface area (Å²) in [6.07, 6.45) is -3.69. The van der Waals surface area contributed by atoms with Crippen molar-refractivity contribution in [2.24, 2.45) is 4.99 Å². The fourth-order valence-corrected chi connectivity index (χ4v) is 5.15. The van der Waals surface area contributed by atoms with Crippen molar-refractivity contribution in [3.05, 3.63) is 29.8 Å². The average Bonchev–Trinajstić information content (AvgIpc) is 3.03. The molecule has 29 heavy (non-hydrogen) atoms. The van der Waals surface area contributed by atoms with Crippen LogP contribution in [0.5, 0.6) is 0 Å². The molecule has 0 radical (unpaired) electrons. The molecule has 1 N–H and O–H groups in total. The Morgan fingerprint density at radius 3 is 2.48 bits per heavy atom. The van der Waals surface area contributed by atoms with E-state index in [4.69, 9.17) is 0 Å². The molecule has 3 rings (SSSR count). The number of guanidine groups is 1. The van der Waals surface area contributed by atoms with Gasteiger partial charge >= 0.3 is 6.18 Å². The minimum atomic E-state index is -4.35. The molecule has 0 unspecified atom stereocenters. The van der Waals surface area contributed by atoms with Crippen molar-refractivity contribution in [3.8, 4) is 0 Å². The van der Waals surface area contributed by atoms with Crippen molar-refractivity contribution in [2.45, 2.75) is 12.6 Å². The number of hydrogen-bond donors (Lipinski definition) is 1. The van der Waals surface area contributed by atoms with Crippen LogP contribution in [-0.4, -0.2) is 82.2 Å². The zero-order valence-electron chi connectivity index (χ0n) is 16.3. The molecular formula is C18H26F3N5O2S. The van der Waals surface area contributed by atoms with Gasteiger partial charge in [-0.25, -0.2) is 12.7 Å². The Labute approximate surface area is 169 Å². The van der Waals surface area contributed by atoms with Gasteiger partial charge in [-0.15, -0.1) is 0 Å². The Morgan fingerprint density at radius 1 is 1.17 bits per heavy atom. The van der Waals surface area contributed by atoms with E-state index in [0.29, 0.717) is 63.9 Å². The highest BCUT2D eigenvalue weighted by molar-refractivity contribution is 7.89. The van der Waals surface area contributed by atoms with E-state index in [-0.39, 0.29) is 5.75 Å². The molecule has 2 saturated heterocycles. The third-order valence-corrected chi connectivity index (χ3v) is 7.13. The molecule has 0 saturated carbocycles. The van der Waals surface area contributed by atoms with Crippen LogP contribution in [0.15, 0.2) is 29.3 Å². The Morgan fingerprint density at radius 2 is 1.90 bits per heavy atom. The van der Waals surface area contributed by atoms with E-state index in [1.165, 1.54) is 16.4 Å². The van der Waals surface area contributed by atoms with E-state index in [9.17, 15) is 21.6 Å². The van der Waals surface area contributed by atoms with E-state index in [2.05, 4.69) is 10.3 Å². The number of anilines is 1. The maximum atomic E-state index is 12.9. The second-order valence-corrected chi connectivity index (χ2v) is 9.15. The molecule has 1 aromatic carbocycles. The van der Waals surface area contributed by atoms with Gasteiger partial charge in [0.25, 0.3) is 0 Å². The molecule has 0 amide bonds. The number of rotatable bonds is 4. The van der Waals surface area contributed by atoms with Crippen LogP contribution in [0.3, 0.4) is 0 Å². The summed E-state index contributed by atoms with van der Waals surface area (Å²) in [5.41, 5.74) is -0.0894. The van der Waals surface area contributed by atoms with Crippen LogP contribution in [0.25, 0.3) is 0 Å². The first-order chi connectivity index (χ1) is 13.7. The molecule has 0 bridgehead atoms. The Bertz CT molecular complexity index is 836. The summed E-state index contributed by atoms with van der Waals surface area (Å²) in [6.45, 7) is 3.77. The molecule has 162 valence electrons. The van der Waals surface area contributed by atoms with E-state index in [1.54, 1.807) is 13.1 Å². The number of piperazine rings is 1. The average molecular weight is 434 g/mol. The van der Waals surface area contributed by atoms with E-state index in [1.807, 2.05) is 9.80 Å². The lowest BCUT2D eigenvalue weighted by Gasteiger charge is -2.38. The SMILES string of the molecule is CN=C(NCCN1CCCS1(=O)=O)N1CCN(c2cccc(C(F)(F)F)c2)CC1. The first-order valence-electron chi connectivity index (χ1n) is 9.56. The van der Waals surface area contributed by atoms with Gasteiger partial charge in [0.15, 0.2) is 5.96 Å². The number of benzene rings is 1. The summed E-state index contributed by atoms with van der Waals surface area (Å²) in [7, 11) is -1.45. The standard InChI is InChI=1S/C18H26F3N5O2S/c1-22-17(23-6-8-26-7-3-13-29(26,27)28)25-11-9-24(10-12-25)16-5-2-4-15(14-16)18(19,20)21/h2,4-5,14H,3,6-13H2,1H3,(H,22,23). The second-order valence-electron chi connectivity index (χ2n) is 7.06. The van der Waals surface area contributed by atoms with Gasteiger partial charge in [0.1, 0.15) is 0 Å². The maximum Gasteiger partial charge on any atom is 0.416 e. The monoisotopic (exact) mass is 433 g/mol. The molecular weight excluding hydrogens is 407 g/mol. The molecule has 7 nitrogen and oxygen atoms in total. The number of hydrogen-bond acceptors (Lipinski definition) is 4. The lowest BCUT2D eigenvalue weighted by atomic mass is 10.1. The van der Waals surface area contributed by atoms with Crippen LogP contribution in [0.4, 0.5) is 18.9 Å². The Hall–Kier alpha value is -2.01. The van der Waals surface area contributed by atoms with Gasteiger partial charge in [-0.05, 0) is 24.6 Å². The molecule has 11 heteroatoms. The number of sulfonamides is 1. The van der Waals surface area contributed by atoms with Gasteiger partial charge in [0.2, 0.25) is 10.0 Å². The summed E-state index contributed by atoms with van der Waals surface area (Å²) < 4.78 is 64.0. The van der Waals surface area contributed by atoms with Crippen LogP contribution < -0.4 is 10.2 Å². The predicted octanol–water partition coefficient (Wildman–Crippen LogP) is 1.44. The largest absolute Gasteiger partial charge is 0.416 e. The summed E-state index contributed by atoms with van der Waals surface area (Å²) in [5.74, 6) is 0.879. The van der Waals surface area contributed by atoms with Gasteiger partial charge in [0.05, 0.1) is 11.3 Å². The topological polar surface area (TPSA) is 68.2 Å². The van der Waals surface area contributed by atoms with Gasteiger partial charge in [0, 0.05) is 58.5 Å². The molecule has 0 aliphatic carbocycles. The predicted molar refractivity (Wildman–Crippen MR) is 107 cm³/mol. The second kappa shape index (κ2) is 8.78. The summed E-state index contributed by atoms with van der Waals surface area (Å²) in [5, 5.41) is 3.19. The van der Waals surface area contributed by atoms with E-state index < -0.39 is 21.8 Å². The summed E-state index contributed by atoms with van der Waals surface area (Å²) in [4.78, 5) is 8.21. The van der Waals surface area contributed by atoms with Crippen molar-refractivity contribution in [2.75, 3.05) is 63.5 Å². The molecule has 2 heterocycles. The minimum absolute atomic E-state index is 0.208. The van der Waals surface area contributed by atoms with Crippen molar-refractivity contribution >= 4 is 21.7 Å². The highest BCUT2D eigenvalue weighted by Gasteiger charge is 2.31. The Kier molecular flexibility index (Phi) is 6.57. The highest BCUT2D eigenvalue weighted by atomic mass is 32.2. The zero-order chi connectivity index (χ0) is 21.1. The van der Waals surface area contributed by atoms with Crippen molar-refractivity contribution in [3.63, 3.8) is 0 Å². The molecule has 1 aromatic rings. The summed E-state index contributed by atoms with van der Waals surface area (Å²) in [6, 6.07) is 5.37. The first kappa shape index (κ1) is 21.7. The third kappa shape index (κ3) is 5.33. The third-order valence-electron chi connectivity index (χ3n) is 5.18. The molecule has 0 aromatic heterocycles. The van der Waals surface area contributed by atoms with Crippen molar-refractivity contribution in [1.29, 1.82) is 0 Å². The lowest BCUT2D eigenvalue weighted by molar-refractivity contribution is -0.137. The fourth-order valence-electron chi connectivity index (χ4n) is 3.62. The number of alkyl halides is 3. The van der Waals surface area contributed by atoms with Crippen LogP contribution in [0.2, 0.25) is 0 Å². The lowest BCUT2D eigenvalue weighted by Crippen LogP contribution is -2.53. The van der Waals surface area contributed by atoms with Crippen LogP contribution in [0.1, 0.15) is 12.0 Å². The molecule has 2 fully saturated rings. The number of halogens is 3.